The van der Waals surface area contributed by atoms with E-state index in [0.29, 0.717) is 12.0 Å². The lowest BCUT2D eigenvalue weighted by molar-refractivity contribution is -0.171. The number of aliphatic hydroxyl groups is 2. The van der Waals surface area contributed by atoms with E-state index >= 15 is 0 Å². The molecule has 2 nitrogen and oxygen atoms in total. The van der Waals surface area contributed by atoms with Crippen LogP contribution in [0.2, 0.25) is 0 Å². The fraction of sp³-hybridized carbons (Fsp3) is 0.200. The number of benzene rings is 2. The zero-order valence-electron chi connectivity index (χ0n) is 11.2. The first-order valence-corrected chi connectivity index (χ1v) is 9.26. The highest BCUT2D eigenvalue weighted by atomic mass is 79.9. The second-order valence-electron chi connectivity index (χ2n) is 4.19. The van der Waals surface area contributed by atoms with Crippen LogP contribution in [0.1, 0.15) is 18.9 Å². The third kappa shape index (κ3) is 5.77. The Morgan fingerprint density at radius 3 is 1.62 bits per heavy atom. The molecule has 0 atom stereocenters. The Bertz CT molecular complexity index is 559. The van der Waals surface area contributed by atoms with Crippen molar-refractivity contribution in [3.8, 4) is 0 Å². The Labute approximate surface area is 158 Å². The lowest BCUT2D eigenvalue weighted by Crippen LogP contribution is -2.23. The molecule has 0 spiro atoms. The van der Waals surface area contributed by atoms with Crippen LogP contribution in [-0.4, -0.2) is 10.2 Å². The molecule has 0 aliphatic heterocycles. The molecule has 2 rings (SSSR count). The normalized spacial score (nSPS) is 10.8. The Balaban J connectivity index is 0.000000211. The molecule has 0 aromatic heterocycles. The van der Waals surface area contributed by atoms with Gasteiger partial charge in [0.2, 0.25) is 0 Å². The molecule has 0 saturated carbocycles. The van der Waals surface area contributed by atoms with E-state index in [1.54, 1.807) is 31.2 Å². The van der Waals surface area contributed by atoms with E-state index in [1.807, 2.05) is 18.2 Å². The number of hydrogen-bond acceptors (Lipinski definition) is 2. The number of rotatable bonds is 2. The molecule has 0 unspecified atom stereocenters. The summed E-state index contributed by atoms with van der Waals surface area (Å²) in [6.45, 7) is 1.73. The Kier molecular flexibility index (Phi) is 8.09. The van der Waals surface area contributed by atoms with Gasteiger partial charge in [0, 0.05) is 29.9 Å². The molecule has 6 heteroatoms. The summed E-state index contributed by atoms with van der Waals surface area (Å²) in [6, 6.07) is 12.7. The molecule has 0 amide bonds. The predicted molar refractivity (Wildman–Crippen MR) is 100 cm³/mol. The highest BCUT2D eigenvalue weighted by Gasteiger charge is 2.21. The Morgan fingerprint density at radius 2 is 1.24 bits per heavy atom. The van der Waals surface area contributed by atoms with Gasteiger partial charge in [-0.25, -0.2) is 0 Å². The van der Waals surface area contributed by atoms with E-state index in [0.717, 1.165) is 17.9 Å². The summed E-state index contributed by atoms with van der Waals surface area (Å²) in [5.74, 6) is -1.67. The average molecular weight is 546 g/mol. The summed E-state index contributed by atoms with van der Waals surface area (Å²) in [5, 5.41) is 18.7. The molecule has 0 heterocycles. The van der Waals surface area contributed by atoms with Crippen LogP contribution in [0.15, 0.2) is 60.4 Å². The molecule has 2 N–H and O–H groups in total. The van der Waals surface area contributed by atoms with Crippen LogP contribution in [0.5, 0.6) is 0 Å². The smallest absolute Gasteiger partial charge is 0.189 e. The molecule has 21 heavy (non-hydrogen) atoms. The van der Waals surface area contributed by atoms with Crippen molar-refractivity contribution in [3.63, 3.8) is 0 Å². The average Bonchev–Trinajstić information content (AvgIpc) is 2.50. The van der Waals surface area contributed by atoms with Gasteiger partial charge in [-0.1, -0.05) is 37.3 Å². The predicted octanol–water partition coefficient (Wildman–Crippen LogP) is 5.97. The topological polar surface area (TPSA) is 40.5 Å². The van der Waals surface area contributed by atoms with Crippen molar-refractivity contribution in [1.82, 2.24) is 0 Å². The monoisotopic (exact) mass is 542 g/mol. The Morgan fingerprint density at radius 1 is 0.810 bits per heavy atom. The second-order valence-corrected chi connectivity index (χ2v) is 7.49. The van der Waals surface area contributed by atoms with Crippen LogP contribution in [0.25, 0.3) is 0 Å². The van der Waals surface area contributed by atoms with Crippen LogP contribution in [0.3, 0.4) is 0 Å². The van der Waals surface area contributed by atoms with Crippen LogP contribution in [-0.2, 0) is 5.79 Å². The fourth-order valence-electron chi connectivity index (χ4n) is 1.41. The van der Waals surface area contributed by atoms with Gasteiger partial charge < -0.3 is 10.2 Å². The van der Waals surface area contributed by atoms with E-state index in [9.17, 15) is 10.2 Å². The summed E-state index contributed by atoms with van der Waals surface area (Å²) in [5.41, 5.74) is 0.544. The lowest BCUT2D eigenvalue weighted by Gasteiger charge is -2.19. The molecule has 0 aliphatic rings. The third-order valence-corrected chi connectivity index (χ3v) is 7.28. The quantitative estimate of drug-likeness (QED) is 0.277. The Hall–Kier alpha value is 0.280. The molecule has 0 fully saturated rings. The van der Waals surface area contributed by atoms with E-state index in [4.69, 9.17) is 0 Å². The van der Waals surface area contributed by atoms with Gasteiger partial charge >= 0.3 is 0 Å². The molecule has 0 bridgehead atoms. The second kappa shape index (κ2) is 8.79. The molecule has 2 aromatic rings. The summed E-state index contributed by atoms with van der Waals surface area (Å²) in [6.07, 6.45) is 0.303. The summed E-state index contributed by atoms with van der Waals surface area (Å²) in [4.78, 5) is 0. The van der Waals surface area contributed by atoms with Gasteiger partial charge in [-0.2, -0.15) is 0 Å². The van der Waals surface area contributed by atoms with E-state index in [1.165, 1.54) is 0 Å². The molecule has 2 aromatic carbocycles. The maximum atomic E-state index is 9.35. The van der Waals surface area contributed by atoms with Crippen LogP contribution < -0.4 is 0 Å². The first-order chi connectivity index (χ1) is 9.79. The van der Waals surface area contributed by atoms with Gasteiger partial charge in [-0.3, -0.25) is 0 Å². The van der Waals surface area contributed by atoms with Gasteiger partial charge in [0.1, 0.15) is 0 Å². The van der Waals surface area contributed by atoms with Crippen LogP contribution >= 0.6 is 63.7 Å². The zero-order chi connectivity index (χ0) is 16.0. The van der Waals surface area contributed by atoms with Crippen molar-refractivity contribution in [1.29, 1.82) is 0 Å². The first-order valence-electron chi connectivity index (χ1n) is 6.09. The molecule has 114 valence electrons. The van der Waals surface area contributed by atoms with E-state index in [-0.39, 0.29) is 0 Å². The number of hydrogen-bond donors (Lipinski definition) is 2. The maximum absolute atomic E-state index is 9.35. The van der Waals surface area contributed by atoms with Gasteiger partial charge in [-0.05, 0) is 75.9 Å². The highest BCUT2D eigenvalue weighted by molar-refractivity contribution is 9.15. The van der Waals surface area contributed by atoms with Crippen LogP contribution in [0.4, 0.5) is 0 Å². The van der Waals surface area contributed by atoms with Crippen LogP contribution in [0, 0.1) is 0 Å². The van der Waals surface area contributed by atoms with Crippen molar-refractivity contribution in [2.24, 2.45) is 0 Å². The largest absolute Gasteiger partial charge is 0.362 e. The molecular weight excluding hydrogens is 532 g/mol. The number of halogens is 4. The van der Waals surface area contributed by atoms with E-state index in [2.05, 4.69) is 63.7 Å². The molecule has 0 aliphatic carbocycles. The summed E-state index contributed by atoms with van der Waals surface area (Å²) < 4.78 is 4.15. The summed E-state index contributed by atoms with van der Waals surface area (Å²) >= 11 is 13.6. The summed E-state index contributed by atoms with van der Waals surface area (Å²) in [7, 11) is 0. The van der Waals surface area contributed by atoms with Crippen molar-refractivity contribution < 1.29 is 10.2 Å². The van der Waals surface area contributed by atoms with Crippen molar-refractivity contribution >= 4 is 63.7 Å². The van der Waals surface area contributed by atoms with Gasteiger partial charge in [-0.15, -0.1) is 0 Å². The van der Waals surface area contributed by atoms with Crippen molar-refractivity contribution in [2.45, 2.75) is 19.1 Å². The minimum Gasteiger partial charge on any atom is -0.362 e. The van der Waals surface area contributed by atoms with Crippen molar-refractivity contribution in [2.75, 3.05) is 0 Å². The minimum absolute atomic E-state index is 0.303. The van der Waals surface area contributed by atoms with Crippen molar-refractivity contribution in [3.05, 3.63) is 65.9 Å². The minimum atomic E-state index is -1.67. The zero-order valence-corrected chi connectivity index (χ0v) is 17.5. The maximum Gasteiger partial charge on any atom is 0.189 e. The first kappa shape index (κ1) is 19.3. The fourth-order valence-corrected chi connectivity index (χ4v) is 3.30. The van der Waals surface area contributed by atoms with Gasteiger partial charge in [0.25, 0.3) is 0 Å². The molecular formula is C15H14Br4O2. The highest BCUT2D eigenvalue weighted by Crippen LogP contribution is 2.35. The van der Waals surface area contributed by atoms with E-state index < -0.39 is 5.79 Å². The van der Waals surface area contributed by atoms with Gasteiger partial charge in [0.15, 0.2) is 5.79 Å². The standard InChI is InChI=1S/C9H12O2.C6H2Br4/c1-2-9(10,11)8-6-4-3-5-7-8;7-3-1-2-4(8)6(10)5(3)9/h3-7,10-11H,2H2,1H3;1-2H. The van der Waals surface area contributed by atoms with Gasteiger partial charge in [0.05, 0.1) is 0 Å². The lowest BCUT2D eigenvalue weighted by atomic mass is 10.0. The third-order valence-electron chi connectivity index (χ3n) is 2.72. The molecule has 0 radical (unpaired) electrons. The SMILES string of the molecule is Brc1ccc(Br)c(Br)c1Br.CCC(O)(O)c1ccccc1. The molecule has 0 saturated heterocycles.